The predicted molar refractivity (Wildman–Crippen MR) is 106 cm³/mol. The SMILES string of the molecule is CC(=O)NCc1ccc(-c2csc(CC(=O)Nc3ccccc3C)n2)s1. The van der Waals surface area contributed by atoms with Gasteiger partial charge in [0.05, 0.1) is 23.5 Å². The van der Waals surface area contributed by atoms with Crippen molar-refractivity contribution in [3.8, 4) is 10.6 Å². The van der Waals surface area contributed by atoms with Crippen LogP contribution < -0.4 is 10.6 Å². The van der Waals surface area contributed by atoms with Gasteiger partial charge in [0.1, 0.15) is 5.01 Å². The summed E-state index contributed by atoms with van der Waals surface area (Å²) in [7, 11) is 0. The second kappa shape index (κ2) is 8.25. The van der Waals surface area contributed by atoms with Crippen LogP contribution in [-0.2, 0) is 22.6 Å². The molecule has 0 saturated carbocycles. The highest BCUT2D eigenvalue weighted by Gasteiger charge is 2.12. The summed E-state index contributed by atoms with van der Waals surface area (Å²) in [6, 6.07) is 11.7. The zero-order valence-electron chi connectivity index (χ0n) is 14.5. The van der Waals surface area contributed by atoms with Gasteiger partial charge < -0.3 is 10.6 Å². The summed E-state index contributed by atoms with van der Waals surface area (Å²) in [6.07, 6.45) is 0.253. The number of hydrogen-bond acceptors (Lipinski definition) is 5. The monoisotopic (exact) mass is 385 g/mol. The fraction of sp³-hybridized carbons (Fsp3) is 0.211. The molecule has 2 aromatic heterocycles. The van der Waals surface area contributed by atoms with Crippen LogP contribution in [0.25, 0.3) is 10.6 Å². The van der Waals surface area contributed by atoms with Gasteiger partial charge in [-0.25, -0.2) is 4.98 Å². The minimum Gasteiger partial charge on any atom is -0.351 e. The molecule has 2 N–H and O–H groups in total. The molecule has 0 fully saturated rings. The molecule has 0 aliphatic heterocycles. The van der Waals surface area contributed by atoms with Gasteiger partial charge in [0.25, 0.3) is 0 Å². The molecule has 0 bridgehead atoms. The van der Waals surface area contributed by atoms with E-state index in [0.29, 0.717) is 6.54 Å². The predicted octanol–water partition coefficient (Wildman–Crippen LogP) is 4.00. The van der Waals surface area contributed by atoms with Crippen molar-refractivity contribution >= 4 is 40.2 Å². The number of para-hydroxylation sites is 1. The normalized spacial score (nSPS) is 10.5. The Morgan fingerprint density at radius 2 is 1.96 bits per heavy atom. The number of carbonyl (C=O) groups is 2. The highest BCUT2D eigenvalue weighted by molar-refractivity contribution is 7.16. The van der Waals surface area contributed by atoms with Gasteiger partial charge in [-0.15, -0.1) is 22.7 Å². The molecule has 3 aromatic rings. The van der Waals surface area contributed by atoms with Crippen LogP contribution in [0.5, 0.6) is 0 Å². The van der Waals surface area contributed by atoms with Crippen molar-refractivity contribution < 1.29 is 9.59 Å². The number of aromatic nitrogens is 1. The van der Waals surface area contributed by atoms with Crippen LogP contribution in [0, 0.1) is 6.92 Å². The van der Waals surface area contributed by atoms with E-state index in [2.05, 4.69) is 15.6 Å². The Bertz CT molecular complexity index is 930. The van der Waals surface area contributed by atoms with Crippen molar-refractivity contribution in [2.75, 3.05) is 5.32 Å². The Kier molecular flexibility index (Phi) is 5.80. The number of aryl methyl sites for hydroxylation is 1. The molecule has 26 heavy (non-hydrogen) atoms. The van der Waals surface area contributed by atoms with Crippen molar-refractivity contribution in [3.63, 3.8) is 0 Å². The average Bonchev–Trinajstić information content (AvgIpc) is 3.24. The molecule has 7 heteroatoms. The lowest BCUT2D eigenvalue weighted by atomic mass is 10.2. The molecule has 2 heterocycles. The number of anilines is 1. The van der Waals surface area contributed by atoms with Crippen LogP contribution in [0.2, 0.25) is 0 Å². The summed E-state index contributed by atoms with van der Waals surface area (Å²) in [5.74, 6) is -0.117. The maximum Gasteiger partial charge on any atom is 0.231 e. The van der Waals surface area contributed by atoms with Crippen molar-refractivity contribution in [2.45, 2.75) is 26.8 Å². The molecule has 0 unspecified atom stereocenters. The van der Waals surface area contributed by atoms with E-state index in [1.54, 1.807) is 11.3 Å². The van der Waals surface area contributed by atoms with Gasteiger partial charge in [-0.3, -0.25) is 9.59 Å². The molecule has 2 amide bonds. The van der Waals surface area contributed by atoms with Gasteiger partial charge in [0.15, 0.2) is 0 Å². The van der Waals surface area contributed by atoms with E-state index in [-0.39, 0.29) is 18.2 Å². The second-order valence-electron chi connectivity index (χ2n) is 5.84. The number of nitrogens with one attached hydrogen (secondary N) is 2. The smallest absolute Gasteiger partial charge is 0.231 e. The Labute approximate surface area is 160 Å². The molecule has 0 saturated heterocycles. The maximum atomic E-state index is 12.3. The third-order valence-electron chi connectivity index (χ3n) is 3.71. The molecule has 0 aliphatic carbocycles. The first kappa shape index (κ1) is 18.3. The van der Waals surface area contributed by atoms with E-state index in [4.69, 9.17) is 0 Å². The summed E-state index contributed by atoms with van der Waals surface area (Å²) >= 11 is 3.07. The lowest BCUT2D eigenvalue weighted by Gasteiger charge is -2.06. The standard InChI is InChI=1S/C19H19N3O2S2/c1-12-5-3-4-6-15(12)21-18(24)9-19-22-16(11-25-19)17-8-7-14(26-17)10-20-13(2)23/h3-8,11H,9-10H2,1-2H3,(H,20,23)(H,21,24). The quantitative estimate of drug-likeness (QED) is 0.674. The molecule has 1 aromatic carbocycles. The zero-order chi connectivity index (χ0) is 18.5. The van der Waals surface area contributed by atoms with Crippen LogP contribution >= 0.6 is 22.7 Å². The summed E-state index contributed by atoms with van der Waals surface area (Å²) in [6.45, 7) is 3.99. The number of carbonyl (C=O) groups excluding carboxylic acids is 2. The molecule has 0 spiro atoms. The molecule has 134 valence electrons. The van der Waals surface area contributed by atoms with E-state index in [9.17, 15) is 9.59 Å². The number of thiazole rings is 1. The molecule has 0 aliphatic rings. The van der Waals surface area contributed by atoms with E-state index in [0.717, 1.165) is 31.7 Å². The first-order valence-corrected chi connectivity index (χ1v) is 9.84. The van der Waals surface area contributed by atoms with E-state index >= 15 is 0 Å². The van der Waals surface area contributed by atoms with Gasteiger partial charge in [0.2, 0.25) is 11.8 Å². The molecule has 3 rings (SSSR count). The summed E-state index contributed by atoms with van der Waals surface area (Å²) in [5.41, 5.74) is 2.73. The highest BCUT2D eigenvalue weighted by atomic mass is 32.1. The molecule has 0 atom stereocenters. The van der Waals surface area contributed by atoms with Crippen LogP contribution in [0.1, 0.15) is 22.4 Å². The Morgan fingerprint density at radius 1 is 1.15 bits per heavy atom. The average molecular weight is 386 g/mol. The van der Waals surface area contributed by atoms with E-state index in [1.165, 1.54) is 18.3 Å². The number of rotatable bonds is 6. The fourth-order valence-electron chi connectivity index (χ4n) is 2.37. The maximum absolute atomic E-state index is 12.3. The minimum atomic E-state index is -0.0715. The molecular weight excluding hydrogens is 366 g/mol. The molecular formula is C19H19N3O2S2. The van der Waals surface area contributed by atoms with Crippen LogP contribution in [0.3, 0.4) is 0 Å². The molecule has 5 nitrogen and oxygen atoms in total. The number of nitrogens with zero attached hydrogens (tertiary/aromatic N) is 1. The first-order valence-electron chi connectivity index (χ1n) is 8.14. The van der Waals surface area contributed by atoms with E-state index < -0.39 is 0 Å². The third-order valence-corrected chi connectivity index (χ3v) is 5.66. The third kappa shape index (κ3) is 4.77. The van der Waals surface area contributed by atoms with Crippen LogP contribution in [0.15, 0.2) is 41.8 Å². The number of hydrogen-bond donors (Lipinski definition) is 2. The van der Waals surface area contributed by atoms with Crippen LogP contribution in [-0.4, -0.2) is 16.8 Å². The summed E-state index contributed by atoms with van der Waals surface area (Å²) < 4.78 is 0. The van der Waals surface area contributed by atoms with Crippen molar-refractivity contribution in [3.05, 3.63) is 57.2 Å². The van der Waals surface area contributed by atoms with Gasteiger partial charge in [0, 0.05) is 22.9 Å². The lowest BCUT2D eigenvalue weighted by molar-refractivity contribution is -0.119. The van der Waals surface area contributed by atoms with Gasteiger partial charge in [-0.2, -0.15) is 0 Å². The van der Waals surface area contributed by atoms with Crippen molar-refractivity contribution in [1.82, 2.24) is 10.3 Å². The summed E-state index contributed by atoms with van der Waals surface area (Å²) in [4.78, 5) is 29.9. The Hall–Kier alpha value is -2.51. The molecule has 0 radical (unpaired) electrons. The van der Waals surface area contributed by atoms with Gasteiger partial charge >= 0.3 is 0 Å². The zero-order valence-corrected chi connectivity index (χ0v) is 16.2. The number of thiophene rings is 1. The van der Waals surface area contributed by atoms with Gasteiger partial charge in [-0.05, 0) is 30.7 Å². The van der Waals surface area contributed by atoms with Gasteiger partial charge in [-0.1, -0.05) is 18.2 Å². The Morgan fingerprint density at radius 3 is 2.73 bits per heavy atom. The van der Waals surface area contributed by atoms with Crippen molar-refractivity contribution in [1.29, 1.82) is 0 Å². The highest BCUT2D eigenvalue weighted by Crippen LogP contribution is 2.29. The number of amides is 2. The van der Waals surface area contributed by atoms with Crippen molar-refractivity contribution in [2.24, 2.45) is 0 Å². The second-order valence-corrected chi connectivity index (χ2v) is 7.95. The number of benzene rings is 1. The summed E-state index contributed by atoms with van der Waals surface area (Å²) in [5, 5.41) is 8.46. The lowest BCUT2D eigenvalue weighted by Crippen LogP contribution is -2.17. The minimum absolute atomic E-state index is 0.0458. The van der Waals surface area contributed by atoms with Crippen LogP contribution in [0.4, 0.5) is 5.69 Å². The van der Waals surface area contributed by atoms with E-state index in [1.807, 2.05) is 48.7 Å². The first-order chi connectivity index (χ1) is 12.5. The Balaban J connectivity index is 1.62. The topological polar surface area (TPSA) is 71.1 Å². The fourth-order valence-corrected chi connectivity index (χ4v) is 4.15. The largest absolute Gasteiger partial charge is 0.351 e.